The Morgan fingerprint density at radius 3 is 2.53 bits per heavy atom. The molecule has 1 N–H and O–H groups in total. The normalized spacial score (nSPS) is 25.7. The number of carbonyl (C=O) groups excluding carboxylic acids is 1. The van der Waals surface area contributed by atoms with Gasteiger partial charge in [-0.25, -0.2) is 9.10 Å². The van der Waals surface area contributed by atoms with Crippen LogP contribution in [0.5, 0.6) is 5.75 Å². The molecule has 2 bridgehead atoms. The molecular formula is C13H17N3O2S. The Balaban J connectivity index is 1.62. The fraction of sp³-hybridized carbons (Fsp3) is 0.462. The molecule has 2 aliphatic heterocycles. The molecule has 1 aromatic rings. The Morgan fingerprint density at radius 1 is 1.32 bits per heavy atom. The van der Waals surface area contributed by atoms with Crippen molar-refractivity contribution < 1.29 is 9.53 Å². The number of hydrogen-bond acceptors (Lipinski definition) is 4. The molecule has 6 heteroatoms. The second-order valence-electron chi connectivity index (χ2n) is 4.98. The van der Waals surface area contributed by atoms with E-state index in [1.807, 2.05) is 33.5 Å². The van der Waals surface area contributed by atoms with E-state index in [-0.39, 0.29) is 6.03 Å². The van der Waals surface area contributed by atoms with Crippen molar-refractivity contribution >= 4 is 24.5 Å². The Labute approximate surface area is 118 Å². The minimum absolute atomic E-state index is 0.0205. The van der Waals surface area contributed by atoms with Crippen molar-refractivity contribution in [1.29, 1.82) is 0 Å². The highest BCUT2D eigenvalue weighted by molar-refractivity contribution is 7.77. The number of hydrogen-bond donors (Lipinski definition) is 2. The van der Waals surface area contributed by atoms with Crippen LogP contribution in [0, 0.1) is 0 Å². The number of likely N-dealkylation sites (tertiary alicyclic amines) is 1. The van der Waals surface area contributed by atoms with E-state index < -0.39 is 0 Å². The van der Waals surface area contributed by atoms with Crippen LogP contribution in [0.25, 0.3) is 0 Å². The number of thiol groups is 1. The first kappa shape index (κ1) is 12.6. The number of rotatable bonds is 2. The Hall–Kier alpha value is -1.40. The molecule has 5 nitrogen and oxygen atoms in total. The number of ether oxygens (including phenoxy) is 1. The van der Waals surface area contributed by atoms with Crippen molar-refractivity contribution in [3.05, 3.63) is 24.3 Å². The highest BCUT2D eigenvalue weighted by Gasteiger charge is 2.46. The average molecular weight is 279 g/mol. The van der Waals surface area contributed by atoms with Crippen LogP contribution in [0.3, 0.4) is 0 Å². The van der Waals surface area contributed by atoms with Crippen molar-refractivity contribution in [3.8, 4) is 5.75 Å². The second kappa shape index (κ2) is 4.94. The SMILES string of the molecule is COc1ccc(NC(=O)N2C3CC2CN(S)C3)cc1. The average Bonchev–Trinajstić information content (AvgIpc) is 2.39. The Bertz CT molecular complexity index is 467. The predicted octanol–water partition coefficient (Wildman–Crippen LogP) is 1.83. The fourth-order valence-corrected chi connectivity index (χ4v) is 3.16. The summed E-state index contributed by atoms with van der Waals surface area (Å²) < 4.78 is 7.07. The Morgan fingerprint density at radius 2 is 1.95 bits per heavy atom. The maximum Gasteiger partial charge on any atom is 0.322 e. The summed E-state index contributed by atoms with van der Waals surface area (Å²) in [5.41, 5.74) is 0.790. The summed E-state index contributed by atoms with van der Waals surface area (Å²) in [5.74, 6) is 0.782. The molecular weight excluding hydrogens is 262 g/mol. The number of urea groups is 1. The van der Waals surface area contributed by atoms with Gasteiger partial charge in [0.25, 0.3) is 0 Å². The molecule has 0 saturated carbocycles. The molecule has 0 aliphatic carbocycles. The van der Waals surface area contributed by atoms with Crippen LogP contribution in [-0.4, -0.2) is 47.5 Å². The summed E-state index contributed by atoms with van der Waals surface area (Å²) in [6.07, 6.45) is 1.09. The third-order valence-electron chi connectivity index (χ3n) is 3.75. The minimum atomic E-state index is -0.0205. The van der Waals surface area contributed by atoms with Crippen molar-refractivity contribution in [2.75, 3.05) is 25.5 Å². The number of piperazine rings is 1. The number of methoxy groups -OCH3 is 1. The first-order valence-corrected chi connectivity index (χ1v) is 6.74. The smallest absolute Gasteiger partial charge is 0.322 e. The molecule has 102 valence electrons. The standard InChI is InChI=1S/C13H17N3O2S/c1-18-12-4-2-9(3-5-12)14-13(17)16-10-6-11(16)8-15(19)7-10/h2-5,10-11,19H,6-8H2,1H3,(H,14,17). The van der Waals surface area contributed by atoms with E-state index in [2.05, 4.69) is 18.1 Å². The van der Waals surface area contributed by atoms with E-state index in [0.29, 0.717) is 12.1 Å². The quantitative estimate of drug-likeness (QED) is 0.812. The number of fused-ring (bicyclic) bond motifs is 2. The molecule has 3 rings (SSSR count). The van der Waals surface area contributed by atoms with Crippen molar-refractivity contribution in [1.82, 2.24) is 9.21 Å². The lowest BCUT2D eigenvalue weighted by atomic mass is 9.89. The molecule has 2 unspecified atom stereocenters. The molecule has 2 heterocycles. The zero-order valence-corrected chi connectivity index (χ0v) is 11.6. The van der Waals surface area contributed by atoms with Crippen LogP contribution < -0.4 is 10.1 Å². The summed E-state index contributed by atoms with van der Waals surface area (Å²) in [6, 6.07) is 7.94. The molecule has 1 aromatic carbocycles. The van der Waals surface area contributed by atoms with Gasteiger partial charge in [-0.3, -0.25) is 0 Å². The van der Waals surface area contributed by atoms with Crippen molar-refractivity contribution in [2.45, 2.75) is 18.5 Å². The van der Waals surface area contributed by atoms with Crippen LogP contribution in [0.15, 0.2) is 24.3 Å². The number of carbonyl (C=O) groups is 1. The van der Waals surface area contributed by atoms with E-state index in [9.17, 15) is 4.79 Å². The van der Waals surface area contributed by atoms with Gasteiger partial charge in [-0.1, -0.05) is 12.8 Å². The lowest BCUT2D eigenvalue weighted by Crippen LogP contribution is -2.69. The molecule has 19 heavy (non-hydrogen) atoms. The summed E-state index contributed by atoms with van der Waals surface area (Å²) in [6.45, 7) is 1.69. The van der Waals surface area contributed by atoms with Gasteiger partial charge in [0.2, 0.25) is 0 Å². The maximum absolute atomic E-state index is 12.2. The maximum atomic E-state index is 12.2. The van der Waals surface area contributed by atoms with E-state index in [4.69, 9.17) is 4.74 Å². The first-order chi connectivity index (χ1) is 9.17. The first-order valence-electron chi connectivity index (χ1n) is 6.34. The topological polar surface area (TPSA) is 44.8 Å². The van der Waals surface area contributed by atoms with Gasteiger partial charge in [-0.15, -0.1) is 0 Å². The molecule has 2 atom stereocenters. The number of piperidine rings is 1. The van der Waals surface area contributed by atoms with Gasteiger partial charge in [-0.2, -0.15) is 0 Å². The number of nitrogens with zero attached hydrogens (tertiary/aromatic N) is 2. The minimum Gasteiger partial charge on any atom is -0.497 e. The van der Waals surface area contributed by atoms with Gasteiger partial charge in [0, 0.05) is 30.9 Å². The third kappa shape index (κ3) is 2.37. The molecule has 2 aliphatic rings. The Kier molecular flexibility index (Phi) is 3.28. The summed E-state index contributed by atoms with van der Waals surface area (Å²) in [7, 11) is 1.62. The van der Waals surface area contributed by atoms with Crippen LogP contribution >= 0.6 is 12.8 Å². The number of anilines is 1. The predicted molar refractivity (Wildman–Crippen MR) is 76.6 cm³/mol. The van der Waals surface area contributed by atoms with Gasteiger partial charge < -0.3 is 15.0 Å². The molecule has 2 fully saturated rings. The van der Waals surface area contributed by atoms with Gasteiger partial charge >= 0.3 is 6.03 Å². The highest BCUT2D eigenvalue weighted by atomic mass is 32.1. The lowest BCUT2D eigenvalue weighted by Gasteiger charge is -2.54. The molecule has 2 amide bonds. The van der Waals surface area contributed by atoms with Crippen LogP contribution in [0.1, 0.15) is 6.42 Å². The zero-order valence-electron chi connectivity index (χ0n) is 10.7. The zero-order chi connectivity index (χ0) is 13.4. The van der Waals surface area contributed by atoms with E-state index in [1.165, 1.54) is 0 Å². The van der Waals surface area contributed by atoms with Gasteiger partial charge in [-0.05, 0) is 30.7 Å². The number of nitrogens with one attached hydrogen (secondary N) is 1. The van der Waals surface area contributed by atoms with E-state index in [0.717, 1.165) is 30.9 Å². The highest BCUT2D eigenvalue weighted by Crippen LogP contribution is 2.33. The largest absolute Gasteiger partial charge is 0.497 e. The van der Waals surface area contributed by atoms with Crippen molar-refractivity contribution in [2.24, 2.45) is 0 Å². The summed E-state index contributed by atoms with van der Waals surface area (Å²) >= 11 is 4.34. The summed E-state index contributed by atoms with van der Waals surface area (Å²) in [5, 5.41) is 2.93. The van der Waals surface area contributed by atoms with E-state index >= 15 is 0 Å². The molecule has 2 saturated heterocycles. The van der Waals surface area contributed by atoms with Crippen LogP contribution in [-0.2, 0) is 0 Å². The fourth-order valence-electron chi connectivity index (χ4n) is 2.78. The van der Waals surface area contributed by atoms with Crippen LogP contribution in [0.4, 0.5) is 10.5 Å². The number of amides is 2. The van der Waals surface area contributed by atoms with Gasteiger partial charge in [0.05, 0.1) is 7.11 Å². The van der Waals surface area contributed by atoms with Crippen LogP contribution in [0.2, 0.25) is 0 Å². The van der Waals surface area contributed by atoms with Gasteiger partial charge in [0.15, 0.2) is 0 Å². The monoisotopic (exact) mass is 279 g/mol. The third-order valence-corrected chi connectivity index (χ3v) is 4.08. The molecule has 0 spiro atoms. The molecule has 0 aromatic heterocycles. The van der Waals surface area contributed by atoms with Gasteiger partial charge in [0.1, 0.15) is 5.75 Å². The second-order valence-corrected chi connectivity index (χ2v) is 5.55. The summed E-state index contributed by atoms with van der Waals surface area (Å²) in [4.78, 5) is 14.1. The molecule has 0 radical (unpaired) electrons. The number of benzene rings is 1. The lowest BCUT2D eigenvalue weighted by molar-refractivity contribution is 0.00205. The van der Waals surface area contributed by atoms with Crippen molar-refractivity contribution in [3.63, 3.8) is 0 Å². The van der Waals surface area contributed by atoms with E-state index in [1.54, 1.807) is 7.11 Å².